The highest BCUT2D eigenvalue weighted by molar-refractivity contribution is 7.92. The summed E-state index contributed by atoms with van der Waals surface area (Å²) in [7, 11) is -3.68. The van der Waals surface area contributed by atoms with Crippen molar-refractivity contribution in [2.24, 2.45) is 0 Å². The number of hydrogen-bond donors (Lipinski definition) is 1. The Bertz CT molecular complexity index is 931. The summed E-state index contributed by atoms with van der Waals surface area (Å²) in [6, 6.07) is 11.6. The van der Waals surface area contributed by atoms with Crippen LogP contribution in [0.4, 0.5) is 5.69 Å². The minimum Gasteiger partial charge on any atom is -0.354 e. The van der Waals surface area contributed by atoms with E-state index in [2.05, 4.69) is 5.32 Å². The number of amides is 1. The highest BCUT2D eigenvalue weighted by Crippen LogP contribution is 2.28. The van der Waals surface area contributed by atoms with Gasteiger partial charge in [-0.3, -0.25) is 9.10 Å². The summed E-state index contributed by atoms with van der Waals surface area (Å²) >= 11 is 11.9. The van der Waals surface area contributed by atoms with E-state index in [0.717, 1.165) is 34.5 Å². The van der Waals surface area contributed by atoms with E-state index in [4.69, 9.17) is 23.2 Å². The van der Waals surface area contributed by atoms with Gasteiger partial charge in [0.05, 0.1) is 11.9 Å². The number of halogens is 2. The second kappa shape index (κ2) is 9.63. The van der Waals surface area contributed by atoms with E-state index >= 15 is 0 Å². The first-order chi connectivity index (χ1) is 13.1. The third-order valence-electron chi connectivity index (χ3n) is 4.35. The van der Waals surface area contributed by atoms with Crippen LogP contribution in [0.15, 0.2) is 42.5 Å². The van der Waals surface area contributed by atoms with Crippen molar-refractivity contribution in [3.8, 4) is 0 Å². The van der Waals surface area contributed by atoms with E-state index in [1.165, 1.54) is 0 Å². The second-order valence-corrected chi connectivity index (χ2v) is 9.42. The Balaban J connectivity index is 2.03. The molecule has 0 saturated heterocycles. The molecule has 0 aliphatic rings. The lowest BCUT2D eigenvalue weighted by molar-refractivity contribution is -0.121. The number of carbonyl (C=O) groups excluding carboxylic acids is 1. The number of nitrogens with zero attached hydrogens (tertiary/aromatic N) is 1. The average Bonchev–Trinajstić information content (AvgIpc) is 2.62. The number of rotatable bonds is 8. The van der Waals surface area contributed by atoms with E-state index in [0.29, 0.717) is 22.3 Å². The molecule has 0 unspecified atom stereocenters. The van der Waals surface area contributed by atoms with E-state index in [1.807, 2.05) is 24.3 Å². The maximum atomic E-state index is 12.6. The van der Waals surface area contributed by atoms with Gasteiger partial charge in [0.15, 0.2) is 0 Å². The van der Waals surface area contributed by atoms with Gasteiger partial charge in [-0.25, -0.2) is 8.42 Å². The normalized spacial score (nSPS) is 12.5. The molecule has 0 aliphatic carbocycles. The number of benzene rings is 2. The molecule has 2 rings (SSSR count). The molecule has 5 nitrogen and oxygen atoms in total. The SMILES string of the molecule is Cc1ccc(Cl)cc1N([C@H](C)C(=O)NCCCc1ccc(Cl)cc1)S(C)(=O)=O. The Morgan fingerprint density at radius 2 is 1.71 bits per heavy atom. The molecule has 0 aromatic heterocycles. The van der Waals surface area contributed by atoms with E-state index in [1.54, 1.807) is 32.0 Å². The zero-order valence-corrected chi connectivity index (χ0v) is 18.4. The number of anilines is 1. The third kappa shape index (κ3) is 6.12. The summed E-state index contributed by atoms with van der Waals surface area (Å²) in [5.41, 5.74) is 2.25. The topological polar surface area (TPSA) is 66.5 Å². The monoisotopic (exact) mass is 442 g/mol. The van der Waals surface area contributed by atoms with Crippen LogP contribution in [0.2, 0.25) is 10.0 Å². The Morgan fingerprint density at radius 3 is 2.32 bits per heavy atom. The fourth-order valence-corrected chi connectivity index (χ4v) is 4.42. The Hall–Kier alpha value is -1.76. The molecule has 8 heteroatoms. The maximum Gasteiger partial charge on any atom is 0.243 e. The van der Waals surface area contributed by atoms with E-state index in [-0.39, 0.29) is 5.91 Å². The van der Waals surface area contributed by atoms with Gasteiger partial charge in [0.1, 0.15) is 6.04 Å². The van der Waals surface area contributed by atoms with Crippen LogP contribution in [0.3, 0.4) is 0 Å². The molecule has 1 atom stereocenters. The van der Waals surface area contributed by atoms with Crippen LogP contribution >= 0.6 is 23.2 Å². The third-order valence-corrected chi connectivity index (χ3v) is 6.07. The van der Waals surface area contributed by atoms with E-state index in [9.17, 15) is 13.2 Å². The molecule has 0 radical (unpaired) electrons. The molecule has 0 fully saturated rings. The van der Waals surface area contributed by atoms with Crippen molar-refractivity contribution in [1.82, 2.24) is 5.32 Å². The zero-order chi connectivity index (χ0) is 20.9. The molecular formula is C20H24Cl2N2O3S. The molecule has 2 aromatic rings. The van der Waals surface area contributed by atoms with Crippen LogP contribution in [-0.2, 0) is 21.2 Å². The lowest BCUT2D eigenvalue weighted by Crippen LogP contribution is -2.48. The Labute approximate surface area is 176 Å². The lowest BCUT2D eigenvalue weighted by Gasteiger charge is -2.29. The first kappa shape index (κ1) is 22.5. The highest BCUT2D eigenvalue weighted by Gasteiger charge is 2.30. The summed E-state index contributed by atoms with van der Waals surface area (Å²) in [6.07, 6.45) is 2.60. The summed E-state index contributed by atoms with van der Waals surface area (Å²) in [5.74, 6) is -0.360. The molecule has 1 amide bonds. The van der Waals surface area contributed by atoms with Crippen molar-refractivity contribution >= 4 is 44.8 Å². The predicted octanol–water partition coefficient (Wildman–Crippen LogP) is 4.21. The number of hydrogen-bond acceptors (Lipinski definition) is 3. The molecule has 0 spiro atoms. The summed E-state index contributed by atoms with van der Waals surface area (Å²) in [4.78, 5) is 12.6. The molecule has 28 heavy (non-hydrogen) atoms. The molecule has 0 bridgehead atoms. The quantitative estimate of drug-likeness (QED) is 0.622. The molecule has 0 saturated carbocycles. The van der Waals surface area contributed by atoms with Crippen LogP contribution in [0.1, 0.15) is 24.5 Å². The van der Waals surface area contributed by atoms with Crippen molar-refractivity contribution < 1.29 is 13.2 Å². The fraction of sp³-hybridized carbons (Fsp3) is 0.350. The van der Waals surface area contributed by atoms with Crippen molar-refractivity contribution in [2.75, 3.05) is 17.1 Å². The van der Waals surface area contributed by atoms with Crippen LogP contribution in [0.5, 0.6) is 0 Å². The van der Waals surface area contributed by atoms with Crippen molar-refractivity contribution in [3.05, 3.63) is 63.6 Å². The van der Waals surface area contributed by atoms with Gasteiger partial charge in [0.2, 0.25) is 15.9 Å². The van der Waals surface area contributed by atoms with Crippen molar-refractivity contribution in [3.63, 3.8) is 0 Å². The number of carbonyl (C=O) groups is 1. The van der Waals surface area contributed by atoms with Gasteiger partial charge < -0.3 is 5.32 Å². The van der Waals surface area contributed by atoms with Crippen LogP contribution in [-0.4, -0.2) is 33.2 Å². The summed E-state index contributed by atoms with van der Waals surface area (Å²) in [5, 5.41) is 3.91. The first-order valence-corrected chi connectivity index (χ1v) is 11.5. The minimum atomic E-state index is -3.68. The van der Waals surface area contributed by atoms with Gasteiger partial charge in [-0.05, 0) is 62.1 Å². The molecule has 1 N–H and O–H groups in total. The van der Waals surface area contributed by atoms with Gasteiger partial charge in [-0.1, -0.05) is 41.4 Å². The molecular weight excluding hydrogens is 419 g/mol. The van der Waals surface area contributed by atoms with Gasteiger partial charge in [0.25, 0.3) is 0 Å². The van der Waals surface area contributed by atoms with Gasteiger partial charge in [-0.15, -0.1) is 0 Å². The van der Waals surface area contributed by atoms with Crippen molar-refractivity contribution in [1.29, 1.82) is 0 Å². The van der Waals surface area contributed by atoms with Gasteiger partial charge >= 0.3 is 0 Å². The molecule has 2 aromatic carbocycles. The van der Waals surface area contributed by atoms with Gasteiger partial charge in [-0.2, -0.15) is 0 Å². The molecule has 0 heterocycles. The van der Waals surface area contributed by atoms with E-state index < -0.39 is 16.1 Å². The first-order valence-electron chi connectivity index (χ1n) is 8.87. The second-order valence-electron chi connectivity index (χ2n) is 6.69. The highest BCUT2D eigenvalue weighted by atomic mass is 35.5. The standard InChI is InChI=1S/C20H24Cl2N2O3S/c1-14-6-9-18(22)13-19(14)24(28(3,26)27)15(2)20(25)23-12-4-5-16-7-10-17(21)11-8-16/h6-11,13,15H,4-5,12H2,1-3H3,(H,23,25)/t15-/m1/s1. The average molecular weight is 443 g/mol. The zero-order valence-electron chi connectivity index (χ0n) is 16.1. The van der Waals surface area contributed by atoms with Crippen molar-refractivity contribution in [2.45, 2.75) is 32.7 Å². The molecule has 0 aliphatic heterocycles. The largest absolute Gasteiger partial charge is 0.354 e. The minimum absolute atomic E-state index is 0.360. The summed E-state index contributed by atoms with van der Waals surface area (Å²) < 4.78 is 25.9. The molecule has 152 valence electrons. The number of aryl methyl sites for hydroxylation is 2. The van der Waals surface area contributed by atoms with Crippen LogP contribution < -0.4 is 9.62 Å². The maximum absolute atomic E-state index is 12.6. The van der Waals surface area contributed by atoms with Crippen LogP contribution in [0.25, 0.3) is 0 Å². The number of nitrogens with one attached hydrogen (secondary N) is 1. The predicted molar refractivity (Wildman–Crippen MR) is 116 cm³/mol. The summed E-state index contributed by atoms with van der Waals surface area (Å²) in [6.45, 7) is 3.79. The Kier molecular flexibility index (Phi) is 7.75. The smallest absolute Gasteiger partial charge is 0.243 e. The Morgan fingerprint density at radius 1 is 1.11 bits per heavy atom. The van der Waals surface area contributed by atoms with Crippen LogP contribution in [0, 0.1) is 6.92 Å². The number of sulfonamides is 1. The van der Waals surface area contributed by atoms with Gasteiger partial charge in [0, 0.05) is 16.6 Å². The lowest BCUT2D eigenvalue weighted by atomic mass is 10.1. The fourth-order valence-electron chi connectivity index (χ4n) is 2.90.